The van der Waals surface area contributed by atoms with Crippen molar-refractivity contribution in [2.45, 2.75) is 12.5 Å². The number of halogens is 1. The molecule has 1 N–H and O–H groups in total. The Balaban J connectivity index is 1.93. The fraction of sp³-hybridized carbons (Fsp3) is 0.455. The maximum Gasteiger partial charge on any atom is 0.407 e. The number of aromatic nitrogens is 1. The lowest BCUT2D eigenvalue weighted by molar-refractivity contribution is 0.167. The summed E-state index contributed by atoms with van der Waals surface area (Å²) in [7, 11) is 1.37. The van der Waals surface area contributed by atoms with E-state index in [2.05, 4.69) is 35.9 Å². The molecule has 1 amide bonds. The van der Waals surface area contributed by atoms with E-state index in [4.69, 9.17) is 0 Å². The van der Waals surface area contributed by atoms with Gasteiger partial charge in [-0.1, -0.05) is 0 Å². The molecule has 2 rings (SSSR count). The summed E-state index contributed by atoms with van der Waals surface area (Å²) in [6, 6.07) is 4.06. The Bertz CT molecular complexity index is 396. The maximum absolute atomic E-state index is 11.1. The summed E-state index contributed by atoms with van der Waals surface area (Å²) in [5.74, 6) is 0.933. The Kier molecular flexibility index (Phi) is 3.83. The van der Waals surface area contributed by atoms with Crippen LogP contribution in [0, 0.1) is 0 Å². The number of amides is 1. The number of nitrogens with zero attached hydrogens (tertiary/aromatic N) is 2. The van der Waals surface area contributed by atoms with Gasteiger partial charge in [0.15, 0.2) is 0 Å². The van der Waals surface area contributed by atoms with Gasteiger partial charge < -0.3 is 15.0 Å². The van der Waals surface area contributed by atoms with Gasteiger partial charge in [0.25, 0.3) is 0 Å². The maximum atomic E-state index is 11.1. The fourth-order valence-electron chi connectivity index (χ4n) is 1.87. The summed E-state index contributed by atoms with van der Waals surface area (Å²) >= 11 is 3.35. The van der Waals surface area contributed by atoms with Crippen molar-refractivity contribution in [3.63, 3.8) is 0 Å². The molecule has 5 nitrogen and oxygen atoms in total. The van der Waals surface area contributed by atoms with Crippen molar-refractivity contribution in [3.05, 3.63) is 22.8 Å². The van der Waals surface area contributed by atoms with Crippen LogP contribution in [-0.4, -0.2) is 37.3 Å². The predicted molar refractivity (Wildman–Crippen MR) is 68.1 cm³/mol. The van der Waals surface area contributed by atoms with Gasteiger partial charge in [-0.3, -0.25) is 0 Å². The van der Waals surface area contributed by atoms with E-state index in [0.29, 0.717) is 0 Å². The van der Waals surface area contributed by atoms with Crippen molar-refractivity contribution < 1.29 is 9.53 Å². The molecule has 0 radical (unpaired) electrons. The molecular weight excluding hydrogens is 286 g/mol. The molecule has 0 bridgehead atoms. The molecule has 17 heavy (non-hydrogen) atoms. The number of hydrogen-bond donors (Lipinski definition) is 1. The number of pyridine rings is 1. The number of ether oxygens (including phenoxy) is 1. The number of nitrogens with one attached hydrogen (secondary N) is 1. The summed E-state index contributed by atoms with van der Waals surface area (Å²) in [4.78, 5) is 17.6. The van der Waals surface area contributed by atoms with Crippen LogP contribution < -0.4 is 10.2 Å². The number of hydrogen-bond acceptors (Lipinski definition) is 4. The standard InChI is InChI=1S/C11H14BrN3O2/c1-17-11(16)14-9-4-5-15(7-9)10-3-2-8(12)6-13-10/h2-3,6,9H,4-5,7H2,1H3,(H,14,16). The van der Waals surface area contributed by atoms with Gasteiger partial charge in [-0.05, 0) is 34.5 Å². The smallest absolute Gasteiger partial charge is 0.407 e. The third-order valence-electron chi connectivity index (χ3n) is 2.73. The Morgan fingerprint density at radius 3 is 3.12 bits per heavy atom. The second kappa shape index (κ2) is 5.35. The average Bonchev–Trinajstić information content (AvgIpc) is 2.78. The predicted octanol–water partition coefficient (Wildman–Crippen LogP) is 1.78. The Hall–Kier alpha value is -1.30. The van der Waals surface area contributed by atoms with Crippen LogP contribution >= 0.6 is 15.9 Å². The highest BCUT2D eigenvalue weighted by Gasteiger charge is 2.24. The first-order valence-corrected chi connectivity index (χ1v) is 6.19. The van der Waals surface area contributed by atoms with E-state index >= 15 is 0 Å². The number of alkyl carbamates (subject to hydrolysis) is 1. The summed E-state index contributed by atoms with van der Waals surface area (Å²) in [6.07, 6.45) is 2.31. The molecule has 0 saturated carbocycles. The number of rotatable bonds is 2. The third kappa shape index (κ3) is 3.09. The van der Waals surface area contributed by atoms with Crippen LogP contribution in [0.15, 0.2) is 22.8 Å². The largest absolute Gasteiger partial charge is 0.453 e. The Labute approximate surface area is 108 Å². The molecule has 1 saturated heterocycles. The van der Waals surface area contributed by atoms with Gasteiger partial charge in [0, 0.05) is 23.8 Å². The molecule has 2 heterocycles. The monoisotopic (exact) mass is 299 g/mol. The van der Waals surface area contributed by atoms with Gasteiger partial charge in [0.2, 0.25) is 0 Å². The average molecular weight is 300 g/mol. The molecule has 1 aromatic rings. The molecular formula is C11H14BrN3O2. The molecule has 1 aromatic heterocycles. The Morgan fingerprint density at radius 2 is 2.47 bits per heavy atom. The summed E-state index contributed by atoms with van der Waals surface area (Å²) in [5, 5.41) is 2.80. The van der Waals surface area contributed by atoms with Crippen molar-refractivity contribution in [2.75, 3.05) is 25.1 Å². The molecule has 6 heteroatoms. The minimum absolute atomic E-state index is 0.132. The van der Waals surface area contributed by atoms with Crippen molar-refractivity contribution in [3.8, 4) is 0 Å². The zero-order valence-corrected chi connectivity index (χ0v) is 11.1. The number of anilines is 1. The van der Waals surface area contributed by atoms with Crippen LogP contribution in [0.4, 0.5) is 10.6 Å². The zero-order chi connectivity index (χ0) is 12.3. The van der Waals surface area contributed by atoms with Gasteiger partial charge in [0.1, 0.15) is 5.82 Å². The Morgan fingerprint density at radius 1 is 1.65 bits per heavy atom. The van der Waals surface area contributed by atoms with Crippen LogP contribution in [0.5, 0.6) is 0 Å². The fourth-order valence-corrected chi connectivity index (χ4v) is 2.10. The van der Waals surface area contributed by atoms with Crippen LogP contribution in [0.1, 0.15) is 6.42 Å². The zero-order valence-electron chi connectivity index (χ0n) is 9.52. The van der Waals surface area contributed by atoms with Crippen molar-refractivity contribution in [1.82, 2.24) is 10.3 Å². The van der Waals surface area contributed by atoms with Gasteiger partial charge in [-0.25, -0.2) is 9.78 Å². The molecule has 0 aliphatic carbocycles. The van der Waals surface area contributed by atoms with Gasteiger partial charge in [-0.15, -0.1) is 0 Å². The van der Waals surface area contributed by atoms with Gasteiger partial charge >= 0.3 is 6.09 Å². The topological polar surface area (TPSA) is 54.5 Å². The third-order valence-corrected chi connectivity index (χ3v) is 3.20. The summed E-state index contributed by atoms with van der Waals surface area (Å²) < 4.78 is 5.54. The highest BCUT2D eigenvalue weighted by Crippen LogP contribution is 2.19. The second-order valence-electron chi connectivity index (χ2n) is 3.90. The van der Waals surface area contributed by atoms with Crippen LogP contribution in [-0.2, 0) is 4.74 Å². The molecule has 92 valence electrons. The highest BCUT2D eigenvalue weighted by atomic mass is 79.9. The quantitative estimate of drug-likeness (QED) is 0.904. The number of methoxy groups -OCH3 is 1. The number of carbonyl (C=O) groups excluding carboxylic acids is 1. The minimum Gasteiger partial charge on any atom is -0.453 e. The highest BCUT2D eigenvalue weighted by molar-refractivity contribution is 9.10. The van der Waals surface area contributed by atoms with E-state index in [0.717, 1.165) is 29.8 Å². The first-order chi connectivity index (χ1) is 8.19. The normalized spacial score (nSPS) is 19.2. The minimum atomic E-state index is -0.374. The summed E-state index contributed by atoms with van der Waals surface area (Å²) in [6.45, 7) is 1.66. The van der Waals surface area contributed by atoms with Gasteiger partial charge in [0.05, 0.1) is 13.2 Å². The van der Waals surface area contributed by atoms with E-state index in [1.165, 1.54) is 7.11 Å². The van der Waals surface area contributed by atoms with Gasteiger partial charge in [-0.2, -0.15) is 0 Å². The van der Waals surface area contributed by atoms with E-state index in [1.54, 1.807) is 6.20 Å². The van der Waals surface area contributed by atoms with Crippen LogP contribution in [0.2, 0.25) is 0 Å². The molecule has 1 fully saturated rings. The van der Waals surface area contributed by atoms with E-state index in [1.807, 2.05) is 12.1 Å². The van der Waals surface area contributed by atoms with E-state index in [-0.39, 0.29) is 12.1 Å². The first kappa shape index (κ1) is 12.2. The molecule has 0 spiro atoms. The summed E-state index contributed by atoms with van der Waals surface area (Å²) in [5.41, 5.74) is 0. The molecule has 1 atom stereocenters. The molecule has 1 unspecified atom stereocenters. The van der Waals surface area contributed by atoms with Crippen molar-refractivity contribution in [1.29, 1.82) is 0 Å². The number of carbonyl (C=O) groups is 1. The van der Waals surface area contributed by atoms with E-state index < -0.39 is 0 Å². The lowest BCUT2D eigenvalue weighted by Crippen LogP contribution is -2.37. The SMILES string of the molecule is COC(=O)NC1CCN(c2ccc(Br)cn2)C1. The van der Waals surface area contributed by atoms with Crippen molar-refractivity contribution >= 4 is 27.8 Å². The lowest BCUT2D eigenvalue weighted by atomic mass is 10.3. The molecule has 0 aromatic carbocycles. The first-order valence-electron chi connectivity index (χ1n) is 5.40. The van der Waals surface area contributed by atoms with Crippen LogP contribution in [0.3, 0.4) is 0 Å². The van der Waals surface area contributed by atoms with E-state index in [9.17, 15) is 4.79 Å². The lowest BCUT2D eigenvalue weighted by Gasteiger charge is -2.17. The molecule has 1 aliphatic rings. The van der Waals surface area contributed by atoms with Crippen LogP contribution in [0.25, 0.3) is 0 Å². The second-order valence-corrected chi connectivity index (χ2v) is 4.82. The van der Waals surface area contributed by atoms with Crippen molar-refractivity contribution in [2.24, 2.45) is 0 Å². The molecule has 1 aliphatic heterocycles.